The van der Waals surface area contributed by atoms with Gasteiger partial charge in [-0.15, -0.1) is 0 Å². The van der Waals surface area contributed by atoms with Crippen molar-refractivity contribution in [1.29, 1.82) is 0 Å². The normalized spacial score (nSPS) is 18.3. The molecule has 1 saturated heterocycles. The molecule has 0 unspecified atom stereocenters. The highest BCUT2D eigenvalue weighted by molar-refractivity contribution is 7.90. The van der Waals surface area contributed by atoms with Gasteiger partial charge in [0.2, 0.25) is 0 Å². The SMILES string of the molecule is O=S(=O)(N1CCC(CNc2ccc(C(F)(F)F)cn2)CC1)C(F)(F)F. The van der Waals surface area contributed by atoms with Crippen LogP contribution in [0.4, 0.5) is 32.2 Å². The van der Waals surface area contributed by atoms with E-state index in [1.165, 1.54) is 0 Å². The van der Waals surface area contributed by atoms with Crippen molar-refractivity contribution in [2.24, 2.45) is 5.92 Å². The minimum Gasteiger partial charge on any atom is -0.370 e. The second-order valence-corrected chi connectivity index (χ2v) is 7.53. The Kier molecular flexibility index (Phi) is 5.52. The van der Waals surface area contributed by atoms with Gasteiger partial charge in [0.25, 0.3) is 0 Å². The molecule has 2 heterocycles. The Balaban J connectivity index is 1.85. The lowest BCUT2D eigenvalue weighted by Crippen LogP contribution is -2.45. The molecule has 1 aromatic rings. The molecule has 12 heteroatoms. The fourth-order valence-electron chi connectivity index (χ4n) is 2.42. The van der Waals surface area contributed by atoms with Crippen molar-refractivity contribution in [1.82, 2.24) is 9.29 Å². The smallest absolute Gasteiger partial charge is 0.370 e. The first kappa shape index (κ1) is 19.8. The molecular weight excluding hydrogens is 376 g/mol. The molecule has 0 aliphatic carbocycles. The van der Waals surface area contributed by atoms with E-state index < -0.39 is 27.3 Å². The molecular formula is C13H15F6N3O2S. The first-order chi connectivity index (χ1) is 11.4. The molecule has 0 saturated carbocycles. The second-order valence-electron chi connectivity index (χ2n) is 5.60. The number of hydrogen-bond donors (Lipinski definition) is 1. The van der Waals surface area contributed by atoms with Crippen LogP contribution in [0.15, 0.2) is 18.3 Å². The van der Waals surface area contributed by atoms with Crippen LogP contribution >= 0.6 is 0 Å². The maximum Gasteiger partial charge on any atom is 0.511 e. The number of rotatable bonds is 4. The van der Waals surface area contributed by atoms with Crippen LogP contribution in [-0.4, -0.2) is 42.8 Å². The van der Waals surface area contributed by atoms with Crippen LogP contribution in [0.1, 0.15) is 18.4 Å². The summed E-state index contributed by atoms with van der Waals surface area (Å²) < 4.78 is 97.7. The summed E-state index contributed by atoms with van der Waals surface area (Å²) in [5.74, 6) is 0.0992. The second kappa shape index (κ2) is 6.98. The number of nitrogens with one attached hydrogen (secondary N) is 1. The Labute approximate surface area is 140 Å². The standard InChI is InChI=1S/C13H15F6N3O2S/c14-12(15,16)10-1-2-11(21-8-10)20-7-9-3-5-22(6-4-9)25(23,24)13(17,18)19/h1-2,8-9H,3-7H2,(H,20,21). The van der Waals surface area contributed by atoms with E-state index in [2.05, 4.69) is 10.3 Å². The number of pyridine rings is 1. The molecule has 0 atom stereocenters. The highest BCUT2D eigenvalue weighted by Crippen LogP contribution is 2.31. The Morgan fingerprint density at radius 2 is 1.72 bits per heavy atom. The maximum atomic E-state index is 12.5. The number of nitrogens with zero attached hydrogens (tertiary/aromatic N) is 2. The van der Waals surface area contributed by atoms with Crippen LogP contribution in [-0.2, 0) is 16.2 Å². The molecule has 2 rings (SSSR count). The average Bonchev–Trinajstić information content (AvgIpc) is 2.52. The van der Waals surface area contributed by atoms with Gasteiger partial charge in [-0.3, -0.25) is 0 Å². The van der Waals surface area contributed by atoms with Gasteiger partial charge in [-0.25, -0.2) is 13.4 Å². The third kappa shape index (κ3) is 4.75. The summed E-state index contributed by atoms with van der Waals surface area (Å²) in [6, 6.07) is 2.03. The van der Waals surface area contributed by atoms with Gasteiger partial charge in [0.15, 0.2) is 0 Å². The molecule has 142 valence electrons. The lowest BCUT2D eigenvalue weighted by Gasteiger charge is -2.31. The van der Waals surface area contributed by atoms with Crippen molar-refractivity contribution < 1.29 is 34.8 Å². The Bertz CT molecular complexity index is 679. The van der Waals surface area contributed by atoms with E-state index in [1.54, 1.807) is 0 Å². The number of halogens is 6. The van der Waals surface area contributed by atoms with E-state index in [0.29, 0.717) is 10.5 Å². The van der Waals surface area contributed by atoms with Crippen molar-refractivity contribution in [3.63, 3.8) is 0 Å². The van der Waals surface area contributed by atoms with E-state index in [1.807, 2.05) is 0 Å². The molecule has 25 heavy (non-hydrogen) atoms. The predicted octanol–water partition coefficient (Wildman–Crippen LogP) is 3.07. The maximum absolute atomic E-state index is 12.5. The lowest BCUT2D eigenvalue weighted by atomic mass is 9.98. The highest BCUT2D eigenvalue weighted by Gasteiger charge is 2.50. The van der Waals surface area contributed by atoms with E-state index in [9.17, 15) is 34.8 Å². The quantitative estimate of drug-likeness (QED) is 0.802. The molecule has 0 bridgehead atoms. The molecule has 1 N–H and O–H groups in total. The minimum atomic E-state index is -5.32. The number of sulfonamides is 1. The Hall–Kier alpha value is -1.56. The van der Waals surface area contributed by atoms with E-state index >= 15 is 0 Å². The number of anilines is 1. The van der Waals surface area contributed by atoms with Gasteiger partial charge in [-0.1, -0.05) is 0 Å². The van der Waals surface area contributed by atoms with Gasteiger partial charge in [-0.2, -0.15) is 30.6 Å². The zero-order valence-corrected chi connectivity index (χ0v) is 13.5. The molecule has 0 radical (unpaired) electrons. The lowest BCUT2D eigenvalue weighted by molar-refractivity contribution is -0.137. The van der Waals surface area contributed by atoms with Crippen LogP contribution in [0.3, 0.4) is 0 Å². The average molecular weight is 391 g/mol. The Morgan fingerprint density at radius 3 is 2.16 bits per heavy atom. The molecule has 1 aliphatic rings. The van der Waals surface area contributed by atoms with Gasteiger partial charge in [0, 0.05) is 25.8 Å². The number of piperidine rings is 1. The first-order valence-electron chi connectivity index (χ1n) is 7.25. The van der Waals surface area contributed by atoms with Crippen molar-refractivity contribution in [2.75, 3.05) is 25.0 Å². The molecule has 0 amide bonds. The summed E-state index contributed by atoms with van der Waals surface area (Å²) in [6.45, 7) is -0.235. The van der Waals surface area contributed by atoms with Gasteiger partial charge >= 0.3 is 21.7 Å². The molecule has 0 spiro atoms. The molecule has 5 nitrogen and oxygen atoms in total. The van der Waals surface area contributed by atoms with E-state index in [4.69, 9.17) is 0 Å². The van der Waals surface area contributed by atoms with Crippen molar-refractivity contribution >= 4 is 15.8 Å². The summed E-state index contributed by atoms with van der Waals surface area (Å²) in [5, 5.41) is 2.81. The fraction of sp³-hybridized carbons (Fsp3) is 0.615. The summed E-state index contributed by atoms with van der Waals surface area (Å²) in [7, 11) is -5.31. The van der Waals surface area contributed by atoms with Crippen LogP contribution < -0.4 is 5.32 Å². The third-order valence-electron chi connectivity index (χ3n) is 3.87. The molecule has 1 fully saturated rings. The van der Waals surface area contributed by atoms with Gasteiger partial charge in [-0.05, 0) is 30.9 Å². The predicted molar refractivity (Wildman–Crippen MR) is 77.0 cm³/mol. The van der Waals surface area contributed by atoms with E-state index in [-0.39, 0.29) is 44.2 Å². The summed E-state index contributed by atoms with van der Waals surface area (Å²) in [6.07, 6.45) is -3.38. The zero-order chi connectivity index (χ0) is 18.9. The molecule has 1 aromatic heterocycles. The van der Waals surface area contributed by atoms with Gasteiger partial charge < -0.3 is 5.32 Å². The van der Waals surface area contributed by atoms with E-state index in [0.717, 1.165) is 12.1 Å². The summed E-state index contributed by atoms with van der Waals surface area (Å²) in [5.41, 5.74) is -6.20. The molecule has 1 aliphatic heterocycles. The van der Waals surface area contributed by atoms with Crippen LogP contribution in [0.2, 0.25) is 0 Å². The van der Waals surface area contributed by atoms with Crippen molar-refractivity contribution in [3.8, 4) is 0 Å². The van der Waals surface area contributed by atoms with Crippen LogP contribution in [0, 0.1) is 5.92 Å². The van der Waals surface area contributed by atoms with Crippen molar-refractivity contribution in [2.45, 2.75) is 24.5 Å². The Morgan fingerprint density at radius 1 is 1.12 bits per heavy atom. The van der Waals surface area contributed by atoms with Crippen molar-refractivity contribution in [3.05, 3.63) is 23.9 Å². The fourth-order valence-corrected chi connectivity index (χ4v) is 3.40. The van der Waals surface area contributed by atoms with Crippen LogP contribution in [0.25, 0.3) is 0 Å². The minimum absolute atomic E-state index is 0.108. The van der Waals surface area contributed by atoms with Gasteiger partial charge in [0.1, 0.15) is 5.82 Å². The highest BCUT2D eigenvalue weighted by atomic mass is 32.2. The zero-order valence-electron chi connectivity index (χ0n) is 12.7. The number of aromatic nitrogens is 1. The summed E-state index contributed by atoms with van der Waals surface area (Å²) >= 11 is 0. The number of alkyl halides is 6. The summed E-state index contributed by atoms with van der Waals surface area (Å²) in [4.78, 5) is 3.63. The largest absolute Gasteiger partial charge is 0.511 e. The van der Waals surface area contributed by atoms with Gasteiger partial charge in [0.05, 0.1) is 5.56 Å². The molecule has 0 aromatic carbocycles. The number of hydrogen-bond acceptors (Lipinski definition) is 4. The topological polar surface area (TPSA) is 62.3 Å². The third-order valence-corrected chi connectivity index (χ3v) is 5.50. The monoisotopic (exact) mass is 391 g/mol. The van der Waals surface area contributed by atoms with Crippen LogP contribution in [0.5, 0.6) is 0 Å². The first-order valence-corrected chi connectivity index (χ1v) is 8.69.